The number of likely N-dealkylation sites (N-methyl/N-ethyl adjacent to an activating group) is 1. The zero-order chi connectivity index (χ0) is 12.3. The maximum absolute atomic E-state index is 5.95. The van der Waals surface area contributed by atoms with E-state index < -0.39 is 0 Å². The molecule has 1 aromatic carbocycles. The van der Waals surface area contributed by atoms with Crippen LogP contribution in [0.4, 0.5) is 5.69 Å². The van der Waals surface area contributed by atoms with Crippen molar-refractivity contribution in [3.05, 3.63) is 23.8 Å². The van der Waals surface area contributed by atoms with Gasteiger partial charge in [0.25, 0.3) is 0 Å². The fourth-order valence-electron chi connectivity index (χ4n) is 1.93. The highest BCUT2D eigenvalue weighted by Crippen LogP contribution is 2.24. The SMILES string of the molecule is Cc1cccc(OCC2CN(C)CCO2)c1N. The Hall–Kier alpha value is -1.26. The van der Waals surface area contributed by atoms with E-state index in [9.17, 15) is 0 Å². The second kappa shape index (κ2) is 5.38. The number of aryl methyl sites for hydroxylation is 1. The number of nitrogens with zero attached hydrogens (tertiary/aromatic N) is 1. The van der Waals surface area contributed by atoms with Gasteiger partial charge in [0, 0.05) is 13.1 Å². The number of benzene rings is 1. The van der Waals surface area contributed by atoms with Gasteiger partial charge in [-0.25, -0.2) is 0 Å². The largest absolute Gasteiger partial charge is 0.489 e. The molecule has 4 heteroatoms. The molecule has 1 unspecified atom stereocenters. The predicted molar refractivity (Wildman–Crippen MR) is 68.3 cm³/mol. The fraction of sp³-hybridized carbons (Fsp3) is 0.538. The lowest BCUT2D eigenvalue weighted by Crippen LogP contribution is -2.42. The van der Waals surface area contributed by atoms with Gasteiger partial charge in [0.15, 0.2) is 0 Å². The molecule has 0 aromatic heterocycles. The number of hydrogen-bond acceptors (Lipinski definition) is 4. The molecule has 94 valence electrons. The molecular formula is C13H20N2O2. The Bertz CT molecular complexity index is 382. The Morgan fingerprint density at radius 1 is 1.53 bits per heavy atom. The summed E-state index contributed by atoms with van der Waals surface area (Å²) in [6.45, 7) is 5.20. The van der Waals surface area contributed by atoms with Gasteiger partial charge in [-0.1, -0.05) is 12.1 Å². The smallest absolute Gasteiger partial charge is 0.142 e. The maximum atomic E-state index is 5.95. The van der Waals surface area contributed by atoms with Gasteiger partial charge >= 0.3 is 0 Å². The average molecular weight is 236 g/mol. The van der Waals surface area contributed by atoms with Crippen molar-refractivity contribution in [1.82, 2.24) is 4.90 Å². The molecule has 1 saturated heterocycles. The molecule has 1 heterocycles. The van der Waals surface area contributed by atoms with Crippen LogP contribution in [0.3, 0.4) is 0 Å². The summed E-state index contributed by atoms with van der Waals surface area (Å²) < 4.78 is 11.4. The van der Waals surface area contributed by atoms with Crippen molar-refractivity contribution in [2.45, 2.75) is 13.0 Å². The molecule has 1 atom stereocenters. The molecule has 4 nitrogen and oxygen atoms in total. The van der Waals surface area contributed by atoms with Crippen molar-refractivity contribution < 1.29 is 9.47 Å². The van der Waals surface area contributed by atoms with E-state index in [0.29, 0.717) is 6.61 Å². The van der Waals surface area contributed by atoms with E-state index in [1.165, 1.54) is 0 Å². The Morgan fingerprint density at radius 2 is 2.35 bits per heavy atom. The highest BCUT2D eigenvalue weighted by atomic mass is 16.5. The molecular weight excluding hydrogens is 216 g/mol. The first-order valence-electron chi connectivity index (χ1n) is 5.95. The number of rotatable bonds is 3. The highest BCUT2D eigenvalue weighted by Gasteiger charge is 2.18. The molecule has 17 heavy (non-hydrogen) atoms. The summed E-state index contributed by atoms with van der Waals surface area (Å²) in [7, 11) is 2.09. The van der Waals surface area contributed by atoms with Gasteiger partial charge in [-0.05, 0) is 25.6 Å². The Kier molecular flexibility index (Phi) is 3.86. The lowest BCUT2D eigenvalue weighted by atomic mass is 10.2. The number of nitrogens with two attached hydrogens (primary N) is 1. The summed E-state index contributed by atoms with van der Waals surface area (Å²) in [5, 5.41) is 0. The highest BCUT2D eigenvalue weighted by molar-refractivity contribution is 5.57. The van der Waals surface area contributed by atoms with Crippen LogP contribution in [0.25, 0.3) is 0 Å². The standard InChI is InChI=1S/C13H20N2O2/c1-10-4-3-5-12(13(10)14)17-9-11-8-15(2)6-7-16-11/h3-5,11H,6-9,14H2,1-2H3. The van der Waals surface area contributed by atoms with Crippen LogP contribution in [0.1, 0.15) is 5.56 Å². The van der Waals surface area contributed by atoms with Crippen LogP contribution in [-0.4, -0.2) is 44.4 Å². The summed E-state index contributed by atoms with van der Waals surface area (Å²) in [6, 6.07) is 5.83. The summed E-state index contributed by atoms with van der Waals surface area (Å²) in [6.07, 6.45) is 0.133. The van der Waals surface area contributed by atoms with Gasteiger partial charge in [-0.3, -0.25) is 0 Å². The Balaban J connectivity index is 1.91. The van der Waals surface area contributed by atoms with Crippen LogP contribution in [0.5, 0.6) is 5.75 Å². The Labute approximate surface area is 102 Å². The van der Waals surface area contributed by atoms with E-state index in [-0.39, 0.29) is 6.10 Å². The van der Waals surface area contributed by atoms with E-state index in [0.717, 1.165) is 36.7 Å². The van der Waals surface area contributed by atoms with Crippen LogP contribution in [0.15, 0.2) is 18.2 Å². The van der Waals surface area contributed by atoms with Crippen molar-refractivity contribution >= 4 is 5.69 Å². The third kappa shape index (κ3) is 3.11. The second-order valence-electron chi connectivity index (χ2n) is 4.55. The van der Waals surface area contributed by atoms with E-state index in [1.54, 1.807) is 0 Å². The number of morpholine rings is 1. The van der Waals surface area contributed by atoms with Crippen molar-refractivity contribution in [2.24, 2.45) is 0 Å². The average Bonchev–Trinajstić information content (AvgIpc) is 2.31. The zero-order valence-corrected chi connectivity index (χ0v) is 10.5. The molecule has 1 aliphatic rings. The van der Waals surface area contributed by atoms with Gasteiger partial charge in [0.2, 0.25) is 0 Å². The molecule has 2 N–H and O–H groups in total. The molecule has 0 bridgehead atoms. The third-order valence-electron chi connectivity index (χ3n) is 3.05. The Morgan fingerprint density at radius 3 is 3.12 bits per heavy atom. The molecule has 0 saturated carbocycles. The third-order valence-corrected chi connectivity index (χ3v) is 3.05. The fourth-order valence-corrected chi connectivity index (χ4v) is 1.93. The molecule has 0 amide bonds. The summed E-state index contributed by atoms with van der Waals surface area (Å²) in [4.78, 5) is 2.25. The molecule has 0 aliphatic carbocycles. The van der Waals surface area contributed by atoms with E-state index in [2.05, 4.69) is 11.9 Å². The predicted octanol–water partition coefficient (Wildman–Crippen LogP) is 1.29. The number of anilines is 1. The summed E-state index contributed by atoms with van der Waals surface area (Å²) in [5.41, 5.74) is 7.71. The molecule has 1 aromatic rings. The van der Waals surface area contributed by atoms with Crippen LogP contribution in [-0.2, 0) is 4.74 Å². The van der Waals surface area contributed by atoms with E-state index in [4.69, 9.17) is 15.2 Å². The molecule has 0 spiro atoms. The van der Waals surface area contributed by atoms with Gasteiger partial charge in [-0.2, -0.15) is 0 Å². The molecule has 0 radical (unpaired) electrons. The van der Waals surface area contributed by atoms with Crippen molar-refractivity contribution in [2.75, 3.05) is 39.1 Å². The van der Waals surface area contributed by atoms with Gasteiger partial charge in [-0.15, -0.1) is 0 Å². The van der Waals surface area contributed by atoms with Gasteiger partial charge in [0.05, 0.1) is 12.3 Å². The van der Waals surface area contributed by atoms with E-state index in [1.807, 2.05) is 25.1 Å². The molecule has 2 rings (SSSR count). The minimum Gasteiger partial charge on any atom is -0.489 e. The monoisotopic (exact) mass is 236 g/mol. The van der Waals surface area contributed by atoms with Gasteiger partial charge < -0.3 is 20.1 Å². The second-order valence-corrected chi connectivity index (χ2v) is 4.55. The number of ether oxygens (including phenoxy) is 2. The van der Waals surface area contributed by atoms with Crippen LogP contribution in [0.2, 0.25) is 0 Å². The number of para-hydroxylation sites is 1. The van der Waals surface area contributed by atoms with Crippen molar-refractivity contribution in [3.8, 4) is 5.75 Å². The molecule has 1 aliphatic heterocycles. The topological polar surface area (TPSA) is 47.7 Å². The summed E-state index contributed by atoms with van der Waals surface area (Å²) in [5.74, 6) is 0.752. The number of nitrogen functional groups attached to an aromatic ring is 1. The lowest BCUT2D eigenvalue weighted by molar-refractivity contribution is -0.0402. The zero-order valence-electron chi connectivity index (χ0n) is 10.5. The first-order chi connectivity index (χ1) is 8.16. The summed E-state index contributed by atoms with van der Waals surface area (Å²) >= 11 is 0. The first-order valence-corrected chi connectivity index (χ1v) is 5.95. The minimum atomic E-state index is 0.133. The van der Waals surface area contributed by atoms with E-state index >= 15 is 0 Å². The van der Waals surface area contributed by atoms with Crippen LogP contribution in [0, 0.1) is 6.92 Å². The normalized spacial score (nSPS) is 21.4. The van der Waals surface area contributed by atoms with Crippen LogP contribution < -0.4 is 10.5 Å². The maximum Gasteiger partial charge on any atom is 0.142 e. The minimum absolute atomic E-state index is 0.133. The number of hydrogen-bond donors (Lipinski definition) is 1. The lowest BCUT2D eigenvalue weighted by Gasteiger charge is -2.30. The van der Waals surface area contributed by atoms with Crippen LogP contribution >= 0.6 is 0 Å². The van der Waals surface area contributed by atoms with Crippen molar-refractivity contribution in [1.29, 1.82) is 0 Å². The van der Waals surface area contributed by atoms with Crippen molar-refractivity contribution in [3.63, 3.8) is 0 Å². The van der Waals surface area contributed by atoms with Gasteiger partial charge in [0.1, 0.15) is 18.5 Å². The molecule has 1 fully saturated rings. The first kappa shape index (κ1) is 12.2. The quantitative estimate of drug-likeness (QED) is 0.803.